The molecule has 9 heteroatoms. The number of hydrogen-bond acceptors (Lipinski definition) is 5. The second-order valence-corrected chi connectivity index (χ2v) is 7.41. The van der Waals surface area contributed by atoms with Gasteiger partial charge in [0.15, 0.2) is 5.96 Å². The highest BCUT2D eigenvalue weighted by atomic mass is 127. The Morgan fingerprint density at radius 3 is 2.46 bits per heavy atom. The van der Waals surface area contributed by atoms with Gasteiger partial charge in [-0.3, -0.25) is 4.79 Å². The van der Waals surface area contributed by atoms with Crippen LogP contribution in [-0.2, 0) is 17.9 Å². The fourth-order valence-electron chi connectivity index (χ4n) is 2.32. The van der Waals surface area contributed by atoms with Crippen LogP contribution in [0.4, 0.5) is 0 Å². The van der Waals surface area contributed by atoms with Crippen LogP contribution in [0.5, 0.6) is 5.75 Å². The van der Waals surface area contributed by atoms with E-state index in [0.29, 0.717) is 19.0 Å². The van der Waals surface area contributed by atoms with Crippen LogP contribution in [0, 0.1) is 6.92 Å². The van der Waals surface area contributed by atoms with E-state index in [1.165, 1.54) is 0 Å². The van der Waals surface area contributed by atoms with E-state index in [4.69, 9.17) is 4.74 Å². The molecule has 1 aromatic carbocycles. The van der Waals surface area contributed by atoms with Gasteiger partial charge in [-0.05, 0) is 24.6 Å². The number of guanidine groups is 1. The predicted octanol–water partition coefficient (Wildman–Crippen LogP) is 2.74. The summed E-state index contributed by atoms with van der Waals surface area (Å²) in [6.07, 6.45) is 0. The molecule has 0 atom stereocenters. The maximum absolute atomic E-state index is 11.9. The van der Waals surface area contributed by atoms with Gasteiger partial charge in [0.1, 0.15) is 5.75 Å². The molecule has 0 spiro atoms. The van der Waals surface area contributed by atoms with Crippen LogP contribution in [-0.4, -0.2) is 61.4 Å². The molecule has 0 radical (unpaired) electrons. The summed E-state index contributed by atoms with van der Waals surface area (Å²) in [5, 5.41) is 6.23. The Hall–Kier alpha value is -1.88. The number of carbonyl (C=O) groups excluding carboxylic acids is 1. The number of amides is 1. The van der Waals surface area contributed by atoms with E-state index in [0.717, 1.165) is 22.0 Å². The molecule has 7 nitrogen and oxygen atoms in total. The largest absolute Gasteiger partial charge is 0.497 e. The number of thiazole rings is 1. The minimum atomic E-state index is -0.00921. The summed E-state index contributed by atoms with van der Waals surface area (Å²) in [5.74, 6) is 1.46. The molecule has 0 fully saturated rings. The van der Waals surface area contributed by atoms with E-state index in [1.54, 1.807) is 37.4 Å². The molecule has 0 bridgehead atoms. The quantitative estimate of drug-likeness (QED) is 0.348. The van der Waals surface area contributed by atoms with E-state index in [-0.39, 0.29) is 36.4 Å². The number of benzene rings is 1. The molecule has 2 rings (SSSR count). The number of likely N-dealkylation sites (N-methyl/N-ethyl adjacent to an activating group) is 1. The van der Waals surface area contributed by atoms with Crippen LogP contribution in [0.2, 0.25) is 0 Å². The molecular weight excluding hydrogens is 489 g/mol. The van der Waals surface area contributed by atoms with Gasteiger partial charge >= 0.3 is 0 Å². The first kappa shape index (κ1) is 24.2. The van der Waals surface area contributed by atoms with Gasteiger partial charge in [-0.25, -0.2) is 9.98 Å². The number of hydrogen-bond donors (Lipinski definition) is 1. The molecule has 0 aliphatic carbocycles. The van der Waals surface area contributed by atoms with Crippen LogP contribution < -0.4 is 10.1 Å². The van der Waals surface area contributed by atoms with E-state index in [9.17, 15) is 4.79 Å². The first-order valence-corrected chi connectivity index (χ1v) is 9.50. The zero-order valence-electron chi connectivity index (χ0n) is 16.9. The fourth-order valence-corrected chi connectivity index (χ4v) is 2.92. The zero-order valence-corrected chi connectivity index (χ0v) is 20.1. The first-order chi connectivity index (χ1) is 12.9. The molecule has 1 aromatic heterocycles. The minimum Gasteiger partial charge on any atom is -0.497 e. The van der Waals surface area contributed by atoms with E-state index in [2.05, 4.69) is 15.3 Å². The summed E-state index contributed by atoms with van der Waals surface area (Å²) >= 11 is 1.62. The highest BCUT2D eigenvalue weighted by Crippen LogP contribution is 2.13. The second-order valence-electron chi connectivity index (χ2n) is 6.34. The van der Waals surface area contributed by atoms with Gasteiger partial charge in [-0.15, -0.1) is 35.3 Å². The van der Waals surface area contributed by atoms with Crippen molar-refractivity contribution in [2.45, 2.75) is 20.0 Å². The van der Waals surface area contributed by atoms with Crippen molar-refractivity contribution in [2.24, 2.45) is 4.99 Å². The molecule has 1 amide bonds. The van der Waals surface area contributed by atoms with E-state index in [1.807, 2.05) is 48.5 Å². The van der Waals surface area contributed by atoms with Crippen LogP contribution in [0.3, 0.4) is 0 Å². The van der Waals surface area contributed by atoms with Gasteiger partial charge in [0, 0.05) is 26.5 Å². The molecular formula is C19H28IN5O2S. The molecule has 1 N–H and O–H groups in total. The molecule has 0 aliphatic rings. The van der Waals surface area contributed by atoms with Crippen LogP contribution in [0.15, 0.2) is 34.6 Å². The number of nitrogens with zero attached hydrogens (tertiary/aromatic N) is 4. The van der Waals surface area contributed by atoms with Gasteiger partial charge in [0.25, 0.3) is 0 Å². The second kappa shape index (κ2) is 11.8. The number of halogens is 1. The highest BCUT2D eigenvalue weighted by Gasteiger charge is 2.12. The van der Waals surface area contributed by atoms with Crippen molar-refractivity contribution in [3.63, 3.8) is 0 Å². The Kier molecular flexibility index (Phi) is 10.2. The SMILES string of the molecule is COc1ccc(CN=C(NCC(=O)N(C)C)N(C)Cc2csc(C)n2)cc1.I. The minimum absolute atomic E-state index is 0. The van der Waals surface area contributed by atoms with Crippen molar-refractivity contribution in [1.82, 2.24) is 20.1 Å². The van der Waals surface area contributed by atoms with Gasteiger partial charge < -0.3 is 19.9 Å². The number of methoxy groups -OCH3 is 1. The predicted molar refractivity (Wildman–Crippen MR) is 125 cm³/mol. The topological polar surface area (TPSA) is 70.1 Å². The van der Waals surface area contributed by atoms with Crippen molar-refractivity contribution < 1.29 is 9.53 Å². The van der Waals surface area contributed by atoms with Crippen molar-refractivity contribution in [1.29, 1.82) is 0 Å². The van der Waals surface area contributed by atoms with Gasteiger partial charge in [0.05, 0.1) is 37.4 Å². The summed E-state index contributed by atoms with van der Waals surface area (Å²) in [7, 11) is 7.06. The summed E-state index contributed by atoms with van der Waals surface area (Å²) in [4.78, 5) is 24.6. The number of carbonyl (C=O) groups is 1. The van der Waals surface area contributed by atoms with Crippen LogP contribution >= 0.6 is 35.3 Å². The van der Waals surface area contributed by atoms with Gasteiger partial charge in [-0.1, -0.05) is 12.1 Å². The number of aromatic nitrogens is 1. The number of aliphatic imine (C=N–C) groups is 1. The van der Waals surface area contributed by atoms with Crippen molar-refractivity contribution in [3.8, 4) is 5.75 Å². The van der Waals surface area contributed by atoms with E-state index >= 15 is 0 Å². The maximum Gasteiger partial charge on any atom is 0.241 e. The van der Waals surface area contributed by atoms with Crippen molar-refractivity contribution >= 4 is 47.2 Å². The van der Waals surface area contributed by atoms with Crippen molar-refractivity contribution in [2.75, 3.05) is 34.8 Å². The summed E-state index contributed by atoms with van der Waals surface area (Å²) in [6.45, 7) is 3.30. The third-order valence-corrected chi connectivity index (χ3v) is 4.72. The maximum atomic E-state index is 11.9. The lowest BCUT2D eigenvalue weighted by molar-refractivity contribution is -0.127. The first-order valence-electron chi connectivity index (χ1n) is 8.62. The highest BCUT2D eigenvalue weighted by molar-refractivity contribution is 14.0. The molecule has 1 heterocycles. The Labute approximate surface area is 187 Å². The average Bonchev–Trinajstić information content (AvgIpc) is 3.06. The Morgan fingerprint density at radius 2 is 1.93 bits per heavy atom. The summed E-state index contributed by atoms with van der Waals surface area (Å²) < 4.78 is 5.18. The zero-order chi connectivity index (χ0) is 19.8. The van der Waals surface area contributed by atoms with Crippen LogP contribution in [0.1, 0.15) is 16.3 Å². The Balaban J connectivity index is 0.00000392. The standard InChI is InChI=1S/C19H27N5O2S.HI/c1-14-22-16(13-27-14)12-24(4)19(21-11-18(25)23(2)3)20-10-15-6-8-17(26-5)9-7-15;/h6-9,13H,10-12H2,1-5H3,(H,20,21);1H. The lowest BCUT2D eigenvalue weighted by atomic mass is 10.2. The molecule has 0 saturated carbocycles. The lowest BCUT2D eigenvalue weighted by Crippen LogP contribution is -2.43. The smallest absolute Gasteiger partial charge is 0.241 e. The number of nitrogens with one attached hydrogen (secondary N) is 1. The summed E-state index contributed by atoms with van der Waals surface area (Å²) in [6, 6.07) is 7.79. The third kappa shape index (κ3) is 7.63. The Bertz CT molecular complexity index is 777. The molecule has 2 aromatic rings. The van der Waals surface area contributed by atoms with E-state index < -0.39 is 0 Å². The molecule has 28 heavy (non-hydrogen) atoms. The molecule has 0 saturated heterocycles. The number of ether oxygens (including phenoxy) is 1. The molecule has 0 aliphatic heterocycles. The lowest BCUT2D eigenvalue weighted by Gasteiger charge is -2.22. The molecule has 154 valence electrons. The Morgan fingerprint density at radius 1 is 1.25 bits per heavy atom. The van der Waals surface area contributed by atoms with Crippen LogP contribution in [0.25, 0.3) is 0 Å². The monoisotopic (exact) mass is 517 g/mol. The number of rotatable bonds is 7. The number of aryl methyl sites for hydroxylation is 1. The summed E-state index contributed by atoms with van der Waals surface area (Å²) in [5.41, 5.74) is 2.05. The average molecular weight is 517 g/mol. The van der Waals surface area contributed by atoms with Gasteiger partial charge in [0.2, 0.25) is 5.91 Å². The normalized spacial score (nSPS) is 10.8. The van der Waals surface area contributed by atoms with Gasteiger partial charge in [-0.2, -0.15) is 0 Å². The molecule has 0 unspecified atom stereocenters. The third-order valence-electron chi connectivity index (χ3n) is 3.89. The van der Waals surface area contributed by atoms with Crippen molar-refractivity contribution in [3.05, 3.63) is 45.9 Å². The fraction of sp³-hybridized carbons (Fsp3) is 0.421.